The number of halogens is 3. The number of hydrogen-bond acceptors (Lipinski definition) is 4. The molecule has 0 bridgehead atoms. The van der Waals surface area contributed by atoms with Crippen LogP contribution >= 0.6 is 0 Å². The largest absolute Gasteiger partial charge is 0.497 e. The number of ether oxygens (including phenoxy) is 1. The van der Waals surface area contributed by atoms with Crippen LogP contribution in [0.25, 0.3) is 0 Å². The van der Waals surface area contributed by atoms with Gasteiger partial charge in [-0.1, -0.05) is 6.07 Å². The van der Waals surface area contributed by atoms with Crippen molar-refractivity contribution in [3.8, 4) is 5.75 Å². The van der Waals surface area contributed by atoms with E-state index in [2.05, 4.69) is 5.32 Å². The first-order valence-corrected chi connectivity index (χ1v) is 5.57. The van der Waals surface area contributed by atoms with Gasteiger partial charge < -0.3 is 20.3 Å². The van der Waals surface area contributed by atoms with Crippen molar-refractivity contribution in [3.05, 3.63) is 29.3 Å². The maximum Gasteiger partial charge on any atom is 0.416 e. The SMILES string of the molecule is CNCC(O)C(O)c1ccc(OC)cc1C(F)(F)F. The molecule has 7 heteroatoms. The number of nitrogens with one attached hydrogen (secondary N) is 1. The monoisotopic (exact) mass is 279 g/mol. The predicted octanol–water partition coefficient (Wildman–Crippen LogP) is 1.33. The van der Waals surface area contributed by atoms with Crippen molar-refractivity contribution in [1.82, 2.24) is 5.32 Å². The van der Waals surface area contributed by atoms with Crippen molar-refractivity contribution in [2.75, 3.05) is 20.7 Å². The summed E-state index contributed by atoms with van der Waals surface area (Å²) in [5, 5.41) is 22.0. The summed E-state index contributed by atoms with van der Waals surface area (Å²) < 4.78 is 43.5. The molecule has 0 aliphatic heterocycles. The summed E-state index contributed by atoms with van der Waals surface area (Å²) in [6.45, 7) is -0.0233. The summed E-state index contributed by atoms with van der Waals surface area (Å²) in [4.78, 5) is 0. The van der Waals surface area contributed by atoms with Gasteiger partial charge in [-0.3, -0.25) is 0 Å². The second kappa shape index (κ2) is 6.23. The molecule has 4 nitrogen and oxygen atoms in total. The predicted molar refractivity (Wildman–Crippen MR) is 62.9 cm³/mol. The van der Waals surface area contributed by atoms with Crippen LogP contribution in [0.2, 0.25) is 0 Å². The van der Waals surface area contributed by atoms with Gasteiger partial charge in [0.15, 0.2) is 0 Å². The molecule has 0 amide bonds. The van der Waals surface area contributed by atoms with E-state index in [1.54, 1.807) is 0 Å². The Balaban J connectivity index is 3.19. The molecule has 0 spiro atoms. The Kier molecular flexibility index (Phi) is 5.16. The lowest BCUT2D eigenvalue weighted by atomic mass is 9.97. The molecular weight excluding hydrogens is 263 g/mol. The molecule has 1 aromatic rings. The molecule has 0 saturated heterocycles. The van der Waals surface area contributed by atoms with Gasteiger partial charge in [0.1, 0.15) is 11.9 Å². The average Bonchev–Trinajstić information content (AvgIpc) is 2.36. The Hall–Kier alpha value is -1.31. The standard InChI is InChI=1S/C12H16F3NO3/c1-16-6-10(17)11(18)8-4-3-7(19-2)5-9(8)12(13,14)15/h3-5,10-11,16-18H,6H2,1-2H3. The summed E-state index contributed by atoms with van der Waals surface area (Å²) >= 11 is 0. The van der Waals surface area contributed by atoms with Crippen LogP contribution in [0.4, 0.5) is 13.2 Å². The van der Waals surface area contributed by atoms with Gasteiger partial charge in [-0.05, 0) is 24.7 Å². The number of aliphatic hydroxyl groups is 2. The molecule has 0 radical (unpaired) electrons. The number of hydrogen-bond donors (Lipinski definition) is 3. The number of rotatable bonds is 5. The van der Waals surface area contributed by atoms with Crippen LogP contribution in [0.5, 0.6) is 5.75 Å². The fourth-order valence-corrected chi connectivity index (χ4v) is 1.69. The van der Waals surface area contributed by atoms with Gasteiger partial charge in [0.05, 0.1) is 18.8 Å². The quantitative estimate of drug-likeness (QED) is 0.761. The molecule has 2 unspecified atom stereocenters. The maximum absolute atomic E-state index is 12.9. The van der Waals surface area contributed by atoms with Crippen molar-refractivity contribution in [2.24, 2.45) is 0 Å². The fourth-order valence-electron chi connectivity index (χ4n) is 1.69. The van der Waals surface area contributed by atoms with Crippen LogP contribution in [-0.2, 0) is 6.18 Å². The highest BCUT2D eigenvalue weighted by Gasteiger charge is 2.36. The molecule has 2 atom stereocenters. The lowest BCUT2D eigenvalue weighted by Crippen LogP contribution is -2.30. The first kappa shape index (κ1) is 15.7. The van der Waals surface area contributed by atoms with E-state index in [0.717, 1.165) is 12.1 Å². The van der Waals surface area contributed by atoms with Crippen LogP contribution < -0.4 is 10.1 Å². The van der Waals surface area contributed by atoms with Gasteiger partial charge in [-0.2, -0.15) is 13.2 Å². The summed E-state index contributed by atoms with van der Waals surface area (Å²) in [6, 6.07) is 3.20. The van der Waals surface area contributed by atoms with Crippen LogP contribution in [0.15, 0.2) is 18.2 Å². The maximum atomic E-state index is 12.9. The highest BCUT2D eigenvalue weighted by atomic mass is 19.4. The molecule has 0 heterocycles. The molecular formula is C12H16F3NO3. The molecule has 0 fully saturated rings. The topological polar surface area (TPSA) is 61.7 Å². The molecule has 1 aromatic carbocycles. The molecule has 0 saturated carbocycles. The Bertz CT molecular complexity index is 423. The summed E-state index contributed by atoms with van der Waals surface area (Å²) in [5.41, 5.74) is -1.40. The lowest BCUT2D eigenvalue weighted by Gasteiger charge is -2.22. The van der Waals surface area contributed by atoms with Gasteiger partial charge in [0.2, 0.25) is 0 Å². The van der Waals surface area contributed by atoms with Crippen molar-refractivity contribution in [1.29, 1.82) is 0 Å². The van der Waals surface area contributed by atoms with Gasteiger partial charge in [-0.15, -0.1) is 0 Å². The van der Waals surface area contributed by atoms with E-state index in [0.29, 0.717) is 0 Å². The second-order valence-corrected chi connectivity index (χ2v) is 4.02. The van der Waals surface area contributed by atoms with E-state index in [1.807, 2.05) is 0 Å². The van der Waals surface area contributed by atoms with Crippen LogP contribution in [0, 0.1) is 0 Å². The van der Waals surface area contributed by atoms with Gasteiger partial charge >= 0.3 is 6.18 Å². The van der Waals surface area contributed by atoms with Crippen molar-refractivity contribution in [2.45, 2.75) is 18.4 Å². The molecule has 108 valence electrons. The average molecular weight is 279 g/mol. The third-order valence-corrected chi connectivity index (χ3v) is 2.66. The summed E-state index contributed by atoms with van der Waals surface area (Å²) in [5.74, 6) is 0.0337. The van der Waals surface area contributed by atoms with E-state index in [1.165, 1.54) is 20.2 Å². The zero-order valence-electron chi connectivity index (χ0n) is 10.5. The minimum Gasteiger partial charge on any atom is -0.497 e. The first-order chi connectivity index (χ1) is 8.81. The zero-order valence-corrected chi connectivity index (χ0v) is 10.5. The highest BCUT2D eigenvalue weighted by molar-refractivity contribution is 5.39. The smallest absolute Gasteiger partial charge is 0.416 e. The molecule has 1 rings (SSSR count). The fraction of sp³-hybridized carbons (Fsp3) is 0.500. The van der Waals surface area contributed by atoms with Crippen molar-refractivity contribution in [3.63, 3.8) is 0 Å². The second-order valence-electron chi connectivity index (χ2n) is 4.02. The van der Waals surface area contributed by atoms with Crippen molar-refractivity contribution < 1.29 is 28.1 Å². The minimum absolute atomic E-state index is 0.0233. The molecule has 0 aliphatic carbocycles. The van der Waals surface area contributed by atoms with Gasteiger partial charge in [0, 0.05) is 6.54 Å². The Morgan fingerprint density at radius 1 is 1.32 bits per heavy atom. The Morgan fingerprint density at radius 2 is 1.95 bits per heavy atom. The van der Waals surface area contributed by atoms with E-state index in [4.69, 9.17) is 4.74 Å². The van der Waals surface area contributed by atoms with Crippen LogP contribution in [0.1, 0.15) is 17.2 Å². The normalized spacial score (nSPS) is 15.1. The van der Waals surface area contributed by atoms with E-state index < -0.39 is 23.9 Å². The number of alkyl halides is 3. The molecule has 0 aliphatic rings. The van der Waals surface area contributed by atoms with Gasteiger partial charge in [0.25, 0.3) is 0 Å². The van der Waals surface area contributed by atoms with E-state index in [-0.39, 0.29) is 17.9 Å². The number of benzene rings is 1. The summed E-state index contributed by atoms with van der Waals surface area (Å²) in [6.07, 6.45) is -7.60. The van der Waals surface area contributed by atoms with Gasteiger partial charge in [-0.25, -0.2) is 0 Å². The zero-order chi connectivity index (χ0) is 14.6. The number of likely N-dealkylation sites (N-methyl/N-ethyl adjacent to an activating group) is 1. The highest BCUT2D eigenvalue weighted by Crippen LogP contribution is 2.37. The summed E-state index contributed by atoms with van der Waals surface area (Å²) in [7, 11) is 2.77. The lowest BCUT2D eigenvalue weighted by molar-refractivity contribution is -0.140. The Labute approximate surface area is 108 Å². The molecule has 3 N–H and O–H groups in total. The first-order valence-electron chi connectivity index (χ1n) is 5.57. The molecule has 0 aromatic heterocycles. The number of methoxy groups -OCH3 is 1. The number of aliphatic hydroxyl groups excluding tert-OH is 2. The Morgan fingerprint density at radius 3 is 2.42 bits per heavy atom. The van der Waals surface area contributed by atoms with E-state index in [9.17, 15) is 23.4 Å². The minimum atomic E-state index is -4.63. The third kappa shape index (κ3) is 3.82. The third-order valence-electron chi connectivity index (χ3n) is 2.66. The van der Waals surface area contributed by atoms with E-state index >= 15 is 0 Å². The van der Waals surface area contributed by atoms with Crippen LogP contribution in [-0.4, -0.2) is 37.0 Å². The van der Waals surface area contributed by atoms with Crippen molar-refractivity contribution >= 4 is 0 Å². The molecule has 19 heavy (non-hydrogen) atoms. The van der Waals surface area contributed by atoms with Crippen LogP contribution in [0.3, 0.4) is 0 Å².